The van der Waals surface area contributed by atoms with Crippen molar-refractivity contribution < 1.29 is 9.59 Å². The molecule has 0 radical (unpaired) electrons. The Hall–Kier alpha value is -3.22. The second-order valence-corrected chi connectivity index (χ2v) is 5.38. The maximum absolute atomic E-state index is 12.3. The molecule has 2 aromatic heterocycles. The highest BCUT2D eigenvalue weighted by Crippen LogP contribution is 2.11. The smallest absolute Gasteiger partial charge is 0.253 e. The van der Waals surface area contributed by atoms with Crippen molar-refractivity contribution in [2.24, 2.45) is 0 Å². The first-order valence-electron chi connectivity index (χ1n) is 7.48. The van der Waals surface area contributed by atoms with E-state index in [-0.39, 0.29) is 11.8 Å². The van der Waals surface area contributed by atoms with Crippen LogP contribution in [0.25, 0.3) is 11.2 Å². The summed E-state index contributed by atoms with van der Waals surface area (Å²) in [6.07, 6.45) is 1.50. The maximum atomic E-state index is 12.3. The number of rotatable bonds is 4. The molecule has 0 bridgehead atoms. The average molecular weight is 323 g/mol. The van der Waals surface area contributed by atoms with E-state index in [1.807, 2.05) is 13.0 Å². The van der Waals surface area contributed by atoms with Crippen molar-refractivity contribution in [2.75, 3.05) is 7.05 Å². The molecule has 0 fully saturated rings. The van der Waals surface area contributed by atoms with Gasteiger partial charge in [0.2, 0.25) is 0 Å². The van der Waals surface area contributed by atoms with Gasteiger partial charge in [0.1, 0.15) is 5.82 Å². The molecule has 24 heavy (non-hydrogen) atoms. The summed E-state index contributed by atoms with van der Waals surface area (Å²) in [4.78, 5) is 35.3. The quantitative estimate of drug-likeness (QED) is 0.678. The van der Waals surface area contributed by atoms with Crippen LogP contribution in [0.2, 0.25) is 0 Å². The lowest BCUT2D eigenvalue weighted by atomic mass is 10.1. The normalized spacial score (nSPS) is 10.6. The van der Waals surface area contributed by atoms with Crippen LogP contribution in [0.15, 0.2) is 36.5 Å². The van der Waals surface area contributed by atoms with Crippen LogP contribution >= 0.6 is 0 Å². The van der Waals surface area contributed by atoms with Crippen LogP contribution in [0, 0.1) is 6.92 Å². The Labute approximate surface area is 138 Å². The maximum Gasteiger partial charge on any atom is 0.253 e. The first-order valence-corrected chi connectivity index (χ1v) is 7.48. The number of nitrogens with one attached hydrogen (secondary N) is 3. The molecule has 0 aliphatic rings. The fraction of sp³-hybridized carbons (Fsp3) is 0.176. The summed E-state index contributed by atoms with van der Waals surface area (Å²) in [6.45, 7) is 2.16. The molecule has 7 nitrogen and oxygen atoms in total. The number of hydrogen-bond donors (Lipinski definition) is 3. The topological polar surface area (TPSA) is 99.8 Å². The van der Waals surface area contributed by atoms with Gasteiger partial charge >= 0.3 is 0 Å². The van der Waals surface area contributed by atoms with Gasteiger partial charge in [-0.05, 0) is 30.7 Å². The van der Waals surface area contributed by atoms with Crippen LogP contribution in [0.3, 0.4) is 0 Å². The molecule has 0 saturated carbocycles. The first kappa shape index (κ1) is 15.7. The van der Waals surface area contributed by atoms with Gasteiger partial charge in [0.15, 0.2) is 5.65 Å². The second kappa shape index (κ2) is 6.49. The van der Waals surface area contributed by atoms with E-state index >= 15 is 0 Å². The number of aryl methyl sites for hydroxylation is 1. The van der Waals surface area contributed by atoms with Crippen molar-refractivity contribution in [1.29, 1.82) is 0 Å². The molecular formula is C17H17N5O2. The Balaban J connectivity index is 1.71. The number of amides is 2. The zero-order chi connectivity index (χ0) is 17.1. The van der Waals surface area contributed by atoms with E-state index in [0.29, 0.717) is 23.3 Å². The van der Waals surface area contributed by atoms with Crippen LogP contribution in [0.4, 0.5) is 0 Å². The fourth-order valence-corrected chi connectivity index (χ4v) is 2.40. The molecule has 0 unspecified atom stereocenters. The summed E-state index contributed by atoms with van der Waals surface area (Å²) in [5.74, 6) is 0.357. The summed E-state index contributed by atoms with van der Waals surface area (Å²) in [5.41, 5.74) is 3.16. The minimum absolute atomic E-state index is 0.160. The third-order valence-electron chi connectivity index (χ3n) is 3.59. The lowest BCUT2D eigenvalue weighted by Crippen LogP contribution is -2.23. The van der Waals surface area contributed by atoms with E-state index in [0.717, 1.165) is 16.9 Å². The summed E-state index contributed by atoms with van der Waals surface area (Å²) in [6, 6.07) is 8.83. The SMILES string of the molecule is CNC(=O)c1cccc(CNC(=O)c2cnc3nc(C)[nH]c3c2)c1. The van der Waals surface area contributed by atoms with Crippen molar-refractivity contribution in [3.8, 4) is 0 Å². The summed E-state index contributed by atoms with van der Waals surface area (Å²) < 4.78 is 0. The van der Waals surface area contributed by atoms with Gasteiger partial charge < -0.3 is 15.6 Å². The van der Waals surface area contributed by atoms with Crippen LogP contribution in [0.5, 0.6) is 0 Å². The predicted molar refractivity (Wildman–Crippen MR) is 89.6 cm³/mol. The molecule has 2 heterocycles. The minimum atomic E-state index is -0.234. The van der Waals surface area contributed by atoms with Gasteiger partial charge in [0.05, 0.1) is 11.1 Å². The third kappa shape index (κ3) is 3.24. The van der Waals surface area contributed by atoms with Crippen molar-refractivity contribution in [3.63, 3.8) is 0 Å². The lowest BCUT2D eigenvalue weighted by molar-refractivity contribution is 0.0948. The summed E-state index contributed by atoms with van der Waals surface area (Å²) >= 11 is 0. The first-order chi connectivity index (χ1) is 11.6. The highest BCUT2D eigenvalue weighted by atomic mass is 16.2. The van der Waals surface area contributed by atoms with Crippen LogP contribution in [0.1, 0.15) is 32.1 Å². The van der Waals surface area contributed by atoms with E-state index < -0.39 is 0 Å². The molecule has 0 spiro atoms. The monoisotopic (exact) mass is 323 g/mol. The largest absolute Gasteiger partial charge is 0.355 e. The number of nitrogens with zero attached hydrogens (tertiary/aromatic N) is 2. The zero-order valence-electron chi connectivity index (χ0n) is 13.4. The summed E-state index contributed by atoms with van der Waals surface area (Å²) in [7, 11) is 1.58. The molecule has 0 atom stereocenters. The van der Waals surface area contributed by atoms with Gasteiger partial charge in [-0.3, -0.25) is 9.59 Å². The molecule has 0 saturated heterocycles. The van der Waals surface area contributed by atoms with E-state index in [2.05, 4.69) is 25.6 Å². The van der Waals surface area contributed by atoms with Crippen molar-refractivity contribution in [3.05, 3.63) is 59.0 Å². The minimum Gasteiger partial charge on any atom is -0.355 e. The van der Waals surface area contributed by atoms with E-state index in [9.17, 15) is 9.59 Å². The number of aromatic nitrogens is 3. The number of carbonyl (C=O) groups excluding carboxylic acids is 2. The van der Waals surface area contributed by atoms with E-state index in [1.165, 1.54) is 6.20 Å². The lowest BCUT2D eigenvalue weighted by Gasteiger charge is -2.07. The standard InChI is InChI=1S/C17H17N5O2/c1-10-21-14-7-13(9-19-15(14)22-10)17(24)20-8-11-4-3-5-12(6-11)16(23)18-2/h3-7,9H,8H2,1-2H3,(H,18,23)(H,20,24)(H,19,21,22). The number of imidazole rings is 1. The van der Waals surface area contributed by atoms with Crippen LogP contribution in [-0.2, 0) is 6.54 Å². The van der Waals surface area contributed by atoms with E-state index in [1.54, 1.807) is 31.3 Å². The fourth-order valence-electron chi connectivity index (χ4n) is 2.40. The molecule has 0 aliphatic heterocycles. The highest BCUT2D eigenvalue weighted by molar-refractivity contribution is 5.96. The van der Waals surface area contributed by atoms with E-state index in [4.69, 9.17) is 0 Å². The Bertz CT molecular complexity index is 916. The van der Waals surface area contributed by atoms with Gasteiger partial charge in [0.25, 0.3) is 11.8 Å². The molecule has 122 valence electrons. The molecule has 3 rings (SSSR count). The number of aromatic amines is 1. The molecule has 3 aromatic rings. The van der Waals surface area contributed by atoms with Crippen LogP contribution < -0.4 is 10.6 Å². The Kier molecular flexibility index (Phi) is 4.24. The zero-order valence-corrected chi connectivity index (χ0v) is 13.4. The van der Waals surface area contributed by atoms with Crippen molar-refractivity contribution >= 4 is 23.0 Å². The highest BCUT2D eigenvalue weighted by Gasteiger charge is 2.10. The molecule has 7 heteroatoms. The summed E-state index contributed by atoms with van der Waals surface area (Å²) in [5, 5.41) is 5.40. The number of fused-ring (bicyclic) bond motifs is 1. The molecule has 2 amide bonds. The van der Waals surface area contributed by atoms with Gasteiger partial charge in [-0.25, -0.2) is 9.97 Å². The molecule has 0 aliphatic carbocycles. The second-order valence-electron chi connectivity index (χ2n) is 5.38. The van der Waals surface area contributed by atoms with Gasteiger partial charge in [-0.2, -0.15) is 0 Å². The van der Waals surface area contributed by atoms with Gasteiger partial charge in [0, 0.05) is 25.4 Å². The number of H-pyrrole nitrogens is 1. The Morgan fingerprint density at radius 3 is 2.79 bits per heavy atom. The van der Waals surface area contributed by atoms with Gasteiger partial charge in [-0.1, -0.05) is 12.1 Å². The number of carbonyl (C=O) groups is 2. The average Bonchev–Trinajstić information content (AvgIpc) is 2.98. The van der Waals surface area contributed by atoms with Crippen LogP contribution in [-0.4, -0.2) is 33.8 Å². The Morgan fingerprint density at radius 2 is 2.00 bits per heavy atom. The molecule has 1 aromatic carbocycles. The number of pyridine rings is 1. The number of hydrogen-bond acceptors (Lipinski definition) is 4. The van der Waals surface area contributed by atoms with Crippen molar-refractivity contribution in [1.82, 2.24) is 25.6 Å². The number of benzene rings is 1. The Morgan fingerprint density at radius 1 is 1.17 bits per heavy atom. The molecule has 3 N–H and O–H groups in total. The predicted octanol–water partition coefficient (Wildman–Crippen LogP) is 1.56. The molecular weight excluding hydrogens is 306 g/mol. The van der Waals surface area contributed by atoms with Gasteiger partial charge in [-0.15, -0.1) is 0 Å². The van der Waals surface area contributed by atoms with Crippen molar-refractivity contribution in [2.45, 2.75) is 13.5 Å². The third-order valence-corrected chi connectivity index (χ3v) is 3.59.